The monoisotopic (exact) mass is 575 g/mol. The summed E-state index contributed by atoms with van der Waals surface area (Å²) in [7, 11) is -5.11. The first-order chi connectivity index (χ1) is 18.1. The van der Waals surface area contributed by atoms with Gasteiger partial charge in [0.2, 0.25) is 5.28 Å². The second kappa shape index (κ2) is 10.7. The molecule has 3 aromatic heterocycles. The van der Waals surface area contributed by atoms with Crippen LogP contribution in [0.15, 0.2) is 6.20 Å². The summed E-state index contributed by atoms with van der Waals surface area (Å²) in [6, 6.07) is 0.234. The number of tetrazole rings is 1. The van der Waals surface area contributed by atoms with E-state index in [0.717, 1.165) is 25.7 Å². The number of anilines is 1. The molecule has 1 saturated heterocycles. The summed E-state index contributed by atoms with van der Waals surface area (Å²) in [4.78, 5) is 28.4. The Kier molecular flexibility index (Phi) is 7.65. The molecule has 208 valence electrons. The Labute approximate surface area is 219 Å². The molecule has 0 bridgehead atoms. The molecule has 7 N–H and O–H groups in total. The van der Waals surface area contributed by atoms with Crippen molar-refractivity contribution >= 4 is 36.0 Å². The summed E-state index contributed by atoms with van der Waals surface area (Å²) in [6.07, 6.45) is -0.442. The minimum atomic E-state index is -5.11. The highest BCUT2D eigenvalue weighted by molar-refractivity contribution is 7.53. The number of aliphatic hydroxyl groups is 3. The first-order valence-corrected chi connectivity index (χ1v) is 13.8. The molecule has 1 aliphatic heterocycles. The van der Waals surface area contributed by atoms with Crippen LogP contribution in [0.4, 0.5) is 5.82 Å². The van der Waals surface area contributed by atoms with Gasteiger partial charge in [-0.25, -0.2) is 4.68 Å². The van der Waals surface area contributed by atoms with E-state index >= 15 is 0 Å². The Bertz CT molecular complexity index is 1300. The number of aromatic nitrogens is 8. The van der Waals surface area contributed by atoms with Gasteiger partial charge in [0.25, 0.3) is 0 Å². The predicted octanol–water partition coefficient (Wildman–Crippen LogP) is -0.908. The molecule has 4 heterocycles. The van der Waals surface area contributed by atoms with Crippen LogP contribution in [-0.4, -0.2) is 108 Å². The van der Waals surface area contributed by atoms with Crippen LogP contribution in [-0.2, 0) is 20.5 Å². The van der Waals surface area contributed by atoms with E-state index in [9.17, 15) is 29.7 Å². The van der Waals surface area contributed by atoms with Crippen molar-refractivity contribution in [2.75, 3.05) is 18.5 Å². The lowest BCUT2D eigenvalue weighted by Crippen LogP contribution is -2.43. The van der Waals surface area contributed by atoms with E-state index in [4.69, 9.17) is 21.1 Å². The molecule has 0 radical (unpaired) electrons. The highest BCUT2D eigenvalue weighted by Crippen LogP contribution is 2.53. The van der Waals surface area contributed by atoms with Gasteiger partial charge in [0.05, 0.1) is 31.2 Å². The SMILES string of the molecule is O=P(O)(O)[C@](CO)(Cc1nn[nH]n1)OC[C@H]1O[C@@H](n2ncc3c(NC4CCCC4)nc(Cl)nc32)[C@H](O)[C@@H]1O. The van der Waals surface area contributed by atoms with Crippen LogP contribution < -0.4 is 5.32 Å². The molecule has 5 rings (SSSR count). The number of ether oxygens (including phenoxy) is 2. The molecular formula is C19H27ClN9O8P. The van der Waals surface area contributed by atoms with Crippen LogP contribution in [0.3, 0.4) is 0 Å². The molecule has 0 amide bonds. The molecule has 17 nitrogen and oxygen atoms in total. The molecule has 2 fully saturated rings. The zero-order chi connectivity index (χ0) is 27.1. The fourth-order valence-corrected chi connectivity index (χ4v) is 5.64. The molecule has 2 aliphatic rings. The number of nitrogens with one attached hydrogen (secondary N) is 2. The first kappa shape index (κ1) is 27.2. The van der Waals surface area contributed by atoms with Crippen LogP contribution in [0, 0.1) is 0 Å². The van der Waals surface area contributed by atoms with Crippen molar-refractivity contribution < 1.29 is 39.1 Å². The normalized spacial score (nSPS) is 26.3. The standard InChI is InChI=1S/C19H27ClN9O8P/c20-18-23-15(22-9-3-1-2-4-9)10-6-21-29(16(10)24-18)17-14(32)13(31)11(37-17)7-36-19(8-30,38(33,34)35)5-12-25-27-28-26-12/h6,9,11,13-14,17,30-32H,1-5,7-8H2,(H,22,23,24)(H2,33,34,35)(H,25,26,27,28)/t11-,13-,14-,17-,19+/m1/s1. The van der Waals surface area contributed by atoms with E-state index in [1.807, 2.05) is 0 Å². The Morgan fingerprint density at radius 2 is 2.03 bits per heavy atom. The number of rotatable bonds is 10. The van der Waals surface area contributed by atoms with E-state index in [0.29, 0.717) is 11.2 Å². The Balaban J connectivity index is 1.36. The lowest BCUT2D eigenvalue weighted by atomic mass is 10.1. The molecule has 1 saturated carbocycles. The van der Waals surface area contributed by atoms with Gasteiger partial charge in [0.1, 0.15) is 24.1 Å². The Morgan fingerprint density at radius 1 is 1.26 bits per heavy atom. The lowest BCUT2D eigenvalue weighted by molar-refractivity contribution is -0.109. The highest BCUT2D eigenvalue weighted by atomic mass is 35.5. The zero-order valence-electron chi connectivity index (χ0n) is 19.8. The summed E-state index contributed by atoms with van der Waals surface area (Å²) in [5.74, 6) is 0.372. The number of hydrogen-bond acceptors (Lipinski definition) is 13. The molecule has 19 heteroatoms. The van der Waals surface area contributed by atoms with E-state index in [2.05, 4.69) is 41.0 Å². The smallest absolute Gasteiger partial charge is 0.359 e. The van der Waals surface area contributed by atoms with E-state index < -0.39 is 57.1 Å². The van der Waals surface area contributed by atoms with Gasteiger partial charge in [-0.15, -0.1) is 10.2 Å². The third kappa shape index (κ3) is 5.13. The predicted molar refractivity (Wildman–Crippen MR) is 128 cm³/mol. The summed E-state index contributed by atoms with van der Waals surface area (Å²) >= 11 is 6.16. The maximum Gasteiger partial charge on any atom is 0.359 e. The Morgan fingerprint density at radius 3 is 2.68 bits per heavy atom. The fourth-order valence-electron chi connectivity index (χ4n) is 4.70. The maximum absolute atomic E-state index is 12.3. The van der Waals surface area contributed by atoms with Crippen molar-refractivity contribution in [1.29, 1.82) is 0 Å². The van der Waals surface area contributed by atoms with Crippen LogP contribution in [0.2, 0.25) is 5.28 Å². The second-order valence-electron chi connectivity index (χ2n) is 9.30. The minimum Gasteiger partial charge on any atom is -0.393 e. The number of nitrogens with zero attached hydrogens (tertiary/aromatic N) is 7. The quantitative estimate of drug-likeness (QED) is 0.114. The van der Waals surface area contributed by atoms with Gasteiger partial charge in [0, 0.05) is 6.04 Å². The number of H-pyrrole nitrogens is 1. The van der Waals surface area contributed by atoms with Gasteiger partial charge < -0.3 is 39.9 Å². The molecule has 5 atom stereocenters. The zero-order valence-corrected chi connectivity index (χ0v) is 21.5. The summed E-state index contributed by atoms with van der Waals surface area (Å²) in [5, 5.41) is 49.7. The number of hydrogen-bond donors (Lipinski definition) is 7. The van der Waals surface area contributed by atoms with Gasteiger partial charge in [-0.05, 0) is 24.4 Å². The van der Waals surface area contributed by atoms with Gasteiger partial charge in [-0.1, -0.05) is 18.1 Å². The van der Waals surface area contributed by atoms with Crippen molar-refractivity contribution in [1.82, 2.24) is 40.4 Å². The van der Waals surface area contributed by atoms with E-state index in [1.54, 1.807) is 0 Å². The molecule has 0 unspecified atom stereocenters. The van der Waals surface area contributed by atoms with Crippen molar-refractivity contribution in [3.05, 3.63) is 17.3 Å². The third-order valence-electron chi connectivity index (χ3n) is 6.82. The van der Waals surface area contributed by atoms with Crippen molar-refractivity contribution in [2.45, 2.75) is 68.0 Å². The summed E-state index contributed by atoms with van der Waals surface area (Å²) < 4.78 is 24.8. The number of aliphatic hydroxyl groups excluding tert-OH is 3. The topological polar surface area (TPSA) is 247 Å². The average Bonchev–Trinajstić information content (AvgIpc) is 3.67. The van der Waals surface area contributed by atoms with Crippen molar-refractivity contribution in [3.63, 3.8) is 0 Å². The van der Waals surface area contributed by atoms with Gasteiger partial charge in [-0.2, -0.15) is 20.3 Å². The van der Waals surface area contributed by atoms with Crippen LogP contribution >= 0.6 is 19.2 Å². The molecule has 1 aliphatic carbocycles. The Hall–Kier alpha value is -2.34. The summed E-state index contributed by atoms with van der Waals surface area (Å²) in [6.45, 7) is -1.71. The third-order valence-corrected chi connectivity index (χ3v) is 8.48. The molecule has 0 aromatic carbocycles. The minimum absolute atomic E-state index is 0.0523. The van der Waals surface area contributed by atoms with Crippen molar-refractivity contribution in [2.24, 2.45) is 0 Å². The molecule has 0 spiro atoms. The molecule has 38 heavy (non-hydrogen) atoms. The molecular weight excluding hydrogens is 549 g/mol. The molecule has 3 aromatic rings. The number of fused-ring (bicyclic) bond motifs is 1. The van der Waals surface area contributed by atoms with Gasteiger partial charge >= 0.3 is 7.60 Å². The van der Waals surface area contributed by atoms with Crippen LogP contribution in [0.25, 0.3) is 11.0 Å². The summed E-state index contributed by atoms with van der Waals surface area (Å²) in [5.41, 5.74) is 0.250. The van der Waals surface area contributed by atoms with Gasteiger partial charge in [-0.3, -0.25) is 4.57 Å². The van der Waals surface area contributed by atoms with Crippen LogP contribution in [0.5, 0.6) is 0 Å². The fraction of sp³-hybridized carbons (Fsp3) is 0.684. The van der Waals surface area contributed by atoms with E-state index in [1.165, 1.54) is 10.9 Å². The second-order valence-corrected chi connectivity index (χ2v) is 11.5. The number of halogens is 1. The number of aromatic amines is 1. The largest absolute Gasteiger partial charge is 0.393 e. The van der Waals surface area contributed by atoms with Crippen LogP contribution in [0.1, 0.15) is 37.7 Å². The average molecular weight is 576 g/mol. The van der Waals surface area contributed by atoms with Gasteiger partial charge in [0.15, 0.2) is 23.0 Å². The highest BCUT2D eigenvalue weighted by Gasteiger charge is 2.52. The van der Waals surface area contributed by atoms with Crippen molar-refractivity contribution in [3.8, 4) is 0 Å². The lowest BCUT2D eigenvalue weighted by Gasteiger charge is -2.32. The maximum atomic E-state index is 12.3. The first-order valence-electron chi connectivity index (χ1n) is 11.8. The van der Waals surface area contributed by atoms with E-state index in [-0.39, 0.29) is 22.8 Å².